The van der Waals surface area contributed by atoms with Crippen molar-refractivity contribution in [3.05, 3.63) is 60.3 Å². The van der Waals surface area contributed by atoms with Gasteiger partial charge in [-0.1, -0.05) is 30.0 Å². The monoisotopic (exact) mass is 445 g/mol. The zero-order chi connectivity index (χ0) is 22.2. The number of rotatable bonds is 7. The summed E-state index contributed by atoms with van der Waals surface area (Å²) in [6.45, 7) is 3.35. The third-order valence-electron chi connectivity index (χ3n) is 5.55. The maximum atomic E-state index is 13.0. The second-order valence-corrected chi connectivity index (χ2v) is 9.35. The largest absolute Gasteiger partial charge is 0.360 e. The fraction of sp³-hybridized carbons (Fsp3) is 0.250. The average Bonchev–Trinajstić information content (AvgIpc) is 3.40. The number of aromatic nitrogens is 4. The van der Waals surface area contributed by atoms with Crippen LogP contribution in [0.15, 0.2) is 59.9 Å². The number of hydrogen-bond acceptors (Lipinski definition) is 5. The first-order valence-electron chi connectivity index (χ1n) is 10.6. The molecule has 1 fully saturated rings. The van der Waals surface area contributed by atoms with Crippen LogP contribution in [0.4, 0.5) is 5.69 Å². The highest BCUT2D eigenvalue weighted by atomic mass is 32.2. The van der Waals surface area contributed by atoms with Gasteiger partial charge in [-0.3, -0.25) is 14.2 Å². The topological polar surface area (TPSA) is 92.7 Å². The summed E-state index contributed by atoms with van der Waals surface area (Å²) in [5.41, 5.74) is 3.37. The van der Waals surface area contributed by atoms with Crippen molar-refractivity contribution in [3.8, 4) is 11.4 Å². The number of nitrogens with one attached hydrogen (secondary N) is 2. The normalized spacial score (nSPS) is 14.4. The maximum absolute atomic E-state index is 13.0. The Balaban J connectivity index is 1.40. The summed E-state index contributed by atoms with van der Waals surface area (Å²) in [6, 6.07) is 15.5. The van der Waals surface area contributed by atoms with Crippen LogP contribution in [-0.4, -0.2) is 36.7 Å². The van der Waals surface area contributed by atoms with Crippen molar-refractivity contribution in [3.63, 3.8) is 0 Å². The number of anilines is 1. The molecule has 8 heteroatoms. The molecule has 1 aliphatic rings. The number of aromatic amines is 1. The number of benzene rings is 2. The van der Waals surface area contributed by atoms with Gasteiger partial charge in [-0.05, 0) is 50.1 Å². The second kappa shape index (κ2) is 8.27. The lowest BCUT2D eigenvalue weighted by Gasteiger charge is -2.13. The number of carbonyl (C=O) groups excluding carboxylic acids is 2. The summed E-state index contributed by atoms with van der Waals surface area (Å²) in [4.78, 5) is 27.5. The summed E-state index contributed by atoms with van der Waals surface area (Å²) in [7, 11) is 0. The Morgan fingerprint density at radius 1 is 1.12 bits per heavy atom. The molecule has 2 heterocycles. The van der Waals surface area contributed by atoms with Crippen LogP contribution >= 0.6 is 11.8 Å². The maximum Gasteiger partial charge on any atom is 0.221 e. The van der Waals surface area contributed by atoms with Gasteiger partial charge in [0, 0.05) is 46.9 Å². The highest BCUT2D eigenvalue weighted by Crippen LogP contribution is 2.43. The molecule has 1 saturated carbocycles. The minimum Gasteiger partial charge on any atom is -0.360 e. The molecule has 7 nitrogen and oxygen atoms in total. The van der Waals surface area contributed by atoms with Gasteiger partial charge in [0.25, 0.3) is 0 Å². The molecule has 0 aliphatic heterocycles. The van der Waals surface area contributed by atoms with Crippen LogP contribution in [0.25, 0.3) is 22.3 Å². The molecular formula is C24H23N5O2S. The summed E-state index contributed by atoms with van der Waals surface area (Å²) >= 11 is 1.44. The predicted octanol–water partition coefficient (Wildman–Crippen LogP) is 5.08. The molecule has 0 saturated heterocycles. The van der Waals surface area contributed by atoms with Crippen LogP contribution in [0.1, 0.15) is 43.1 Å². The fourth-order valence-corrected chi connectivity index (χ4v) is 4.82. The van der Waals surface area contributed by atoms with Crippen LogP contribution < -0.4 is 5.32 Å². The number of thioether (sulfide) groups is 1. The third-order valence-corrected chi connectivity index (χ3v) is 6.60. The quantitative estimate of drug-likeness (QED) is 0.306. The molecule has 2 N–H and O–H groups in total. The van der Waals surface area contributed by atoms with Crippen LogP contribution in [0.5, 0.6) is 0 Å². The number of hydrogen-bond donors (Lipinski definition) is 2. The number of Topliss-reactive ketones (excluding diaryl/α,β-unsaturated/α-hetero) is 1. The Morgan fingerprint density at radius 2 is 1.88 bits per heavy atom. The Kier molecular flexibility index (Phi) is 5.30. The first kappa shape index (κ1) is 20.5. The third kappa shape index (κ3) is 3.93. The van der Waals surface area contributed by atoms with Gasteiger partial charge in [0.05, 0.1) is 5.25 Å². The minimum absolute atomic E-state index is 0.0170. The molecule has 5 rings (SSSR count). The average molecular weight is 446 g/mol. The Hall–Kier alpha value is -3.39. The fourth-order valence-electron chi connectivity index (χ4n) is 3.83. The highest BCUT2D eigenvalue weighted by molar-refractivity contribution is 8.00. The van der Waals surface area contributed by atoms with Gasteiger partial charge in [0.15, 0.2) is 16.8 Å². The molecule has 4 aromatic rings. The SMILES string of the molecule is CC(=O)Nc1ccc(C(=O)C(C)Sc2nnc(-c3c[nH]c4ccccc34)n2C2CC2)cc1. The Labute approximate surface area is 189 Å². The van der Waals surface area contributed by atoms with Gasteiger partial charge in [0.1, 0.15) is 0 Å². The smallest absolute Gasteiger partial charge is 0.221 e. The summed E-state index contributed by atoms with van der Waals surface area (Å²) in [5.74, 6) is 0.716. The van der Waals surface area contributed by atoms with Crippen molar-refractivity contribution in [1.82, 2.24) is 19.7 Å². The van der Waals surface area contributed by atoms with E-state index in [0.29, 0.717) is 17.3 Å². The number of nitrogens with zero attached hydrogens (tertiary/aromatic N) is 3. The van der Waals surface area contributed by atoms with Crippen molar-refractivity contribution in [2.45, 2.75) is 43.1 Å². The van der Waals surface area contributed by atoms with Crippen molar-refractivity contribution < 1.29 is 9.59 Å². The molecule has 0 radical (unpaired) electrons. The van der Waals surface area contributed by atoms with E-state index in [0.717, 1.165) is 40.3 Å². The van der Waals surface area contributed by atoms with E-state index in [2.05, 4.69) is 31.1 Å². The highest BCUT2D eigenvalue weighted by Gasteiger charge is 2.32. The predicted molar refractivity (Wildman–Crippen MR) is 126 cm³/mol. The lowest BCUT2D eigenvalue weighted by atomic mass is 10.1. The summed E-state index contributed by atoms with van der Waals surface area (Å²) < 4.78 is 2.18. The molecule has 1 amide bonds. The number of fused-ring (bicyclic) bond motifs is 1. The van der Waals surface area contributed by atoms with Crippen molar-refractivity contribution in [2.24, 2.45) is 0 Å². The number of carbonyl (C=O) groups is 2. The van der Waals surface area contributed by atoms with E-state index < -0.39 is 0 Å². The number of para-hydroxylation sites is 1. The Morgan fingerprint density at radius 3 is 2.59 bits per heavy atom. The Bertz CT molecular complexity index is 1300. The molecular weight excluding hydrogens is 422 g/mol. The summed E-state index contributed by atoms with van der Waals surface area (Å²) in [5, 5.41) is 13.3. The van der Waals surface area contributed by atoms with Crippen LogP contribution in [0.3, 0.4) is 0 Å². The first-order valence-corrected chi connectivity index (χ1v) is 11.5. The van der Waals surface area contributed by atoms with E-state index in [1.165, 1.54) is 18.7 Å². The molecule has 1 atom stereocenters. The van der Waals surface area contributed by atoms with Gasteiger partial charge in [0.2, 0.25) is 5.91 Å². The van der Waals surface area contributed by atoms with E-state index in [1.54, 1.807) is 24.3 Å². The molecule has 32 heavy (non-hydrogen) atoms. The van der Waals surface area contributed by atoms with Crippen LogP contribution in [-0.2, 0) is 4.79 Å². The van der Waals surface area contributed by atoms with E-state index in [1.807, 2.05) is 31.3 Å². The molecule has 1 aliphatic carbocycles. The number of H-pyrrole nitrogens is 1. The molecule has 1 unspecified atom stereocenters. The second-order valence-electron chi connectivity index (χ2n) is 8.04. The standard InChI is InChI=1S/C24H23N5O2S/c1-14(22(31)16-7-9-17(10-8-16)26-15(2)30)32-24-28-27-23(29(24)18-11-12-18)20-13-25-21-6-4-3-5-19(20)21/h3-10,13-14,18,25H,11-12H2,1-2H3,(H,26,30). The zero-order valence-electron chi connectivity index (χ0n) is 17.8. The van der Waals surface area contributed by atoms with Crippen molar-refractivity contribution in [1.29, 1.82) is 0 Å². The van der Waals surface area contributed by atoms with E-state index in [9.17, 15) is 9.59 Å². The van der Waals surface area contributed by atoms with E-state index in [-0.39, 0.29) is 16.9 Å². The van der Waals surface area contributed by atoms with E-state index in [4.69, 9.17) is 0 Å². The molecule has 162 valence electrons. The lowest BCUT2D eigenvalue weighted by molar-refractivity contribution is -0.114. The molecule has 0 bridgehead atoms. The van der Waals surface area contributed by atoms with Gasteiger partial charge < -0.3 is 10.3 Å². The number of amides is 1. The van der Waals surface area contributed by atoms with Gasteiger partial charge in [-0.2, -0.15) is 0 Å². The van der Waals surface area contributed by atoms with Crippen molar-refractivity contribution in [2.75, 3.05) is 5.32 Å². The van der Waals surface area contributed by atoms with Crippen LogP contribution in [0, 0.1) is 0 Å². The minimum atomic E-state index is -0.320. The summed E-state index contributed by atoms with van der Waals surface area (Å²) in [6.07, 6.45) is 4.16. The molecule has 2 aromatic carbocycles. The van der Waals surface area contributed by atoms with Crippen LogP contribution in [0.2, 0.25) is 0 Å². The molecule has 2 aromatic heterocycles. The first-order chi connectivity index (χ1) is 15.5. The van der Waals surface area contributed by atoms with Gasteiger partial charge >= 0.3 is 0 Å². The molecule has 0 spiro atoms. The van der Waals surface area contributed by atoms with Gasteiger partial charge in [-0.25, -0.2) is 0 Å². The van der Waals surface area contributed by atoms with Gasteiger partial charge in [-0.15, -0.1) is 10.2 Å². The zero-order valence-corrected chi connectivity index (χ0v) is 18.6. The number of ketones is 1. The van der Waals surface area contributed by atoms with Crippen molar-refractivity contribution >= 4 is 40.0 Å². The lowest BCUT2D eigenvalue weighted by Crippen LogP contribution is -2.15. The van der Waals surface area contributed by atoms with E-state index >= 15 is 0 Å².